The Morgan fingerprint density at radius 3 is 2.31 bits per heavy atom. The molecule has 0 saturated carbocycles. The molecule has 8 nitrogen and oxygen atoms in total. The molecule has 0 aliphatic rings. The van der Waals surface area contributed by atoms with Crippen molar-refractivity contribution in [2.24, 2.45) is 5.10 Å². The van der Waals surface area contributed by atoms with Gasteiger partial charge in [-0.1, -0.05) is 60.2 Å². The molecule has 0 spiro atoms. The molecule has 3 aromatic rings. The molecule has 0 saturated heterocycles. The number of ether oxygens (including phenoxy) is 2. The number of benzene rings is 3. The van der Waals surface area contributed by atoms with E-state index in [9.17, 15) is 13.2 Å². The number of nitrogens with zero attached hydrogens (tertiary/aromatic N) is 2. The fourth-order valence-corrected chi connectivity index (χ4v) is 4.75. The van der Waals surface area contributed by atoms with Crippen molar-refractivity contribution in [1.82, 2.24) is 9.73 Å². The van der Waals surface area contributed by atoms with Crippen LogP contribution in [-0.4, -0.2) is 52.2 Å². The molecule has 184 valence electrons. The Labute approximate surface area is 206 Å². The first-order valence-electron chi connectivity index (χ1n) is 11.0. The molecule has 0 heterocycles. The standard InChI is InChI=1S/C26H29N3O5S/c1-20-9-11-22(12-10-20)18-27-28-26(30)19-29(16-15-21-7-5-4-6-8-21)35(31,32)23-13-14-24(33-2)25(17-23)34-3/h4-14,17-18H,15-16,19H2,1-3H3,(H,28,30)/b27-18+. The maximum Gasteiger partial charge on any atom is 0.255 e. The summed E-state index contributed by atoms with van der Waals surface area (Å²) in [5, 5.41) is 3.96. The number of methoxy groups -OCH3 is 2. The van der Waals surface area contributed by atoms with Gasteiger partial charge in [0.25, 0.3) is 5.91 Å². The van der Waals surface area contributed by atoms with Gasteiger partial charge >= 0.3 is 0 Å². The molecule has 0 aliphatic heterocycles. The van der Waals surface area contributed by atoms with Gasteiger partial charge < -0.3 is 9.47 Å². The lowest BCUT2D eigenvalue weighted by Gasteiger charge is -2.22. The molecule has 3 aromatic carbocycles. The second-order valence-electron chi connectivity index (χ2n) is 7.79. The maximum atomic E-state index is 13.5. The first kappa shape index (κ1) is 25.9. The zero-order valence-electron chi connectivity index (χ0n) is 20.0. The number of carbonyl (C=O) groups is 1. The predicted molar refractivity (Wildman–Crippen MR) is 135 cm³/mol. The third-order valence-corrected chi connectivity index (χ3v) is 7.13. The Hall–Kier alpha value is -3.69. The molecule has 1 N–H and O–H groups in total. The molecular formula is C26H29N3O5S. The number of amides is 1. The summed E-state index contributed by atoms with van der Waals surface area (Å²) in [5.74, 6) is 0.139. The summed E-state index contributed by atoms with van der Waals surface area (Å²) in [7, 11) is -1.12. The van der Waals surface area contributed by atoms with Gasteiger partial charge in [0.15, 0.2) is 11.5 Å². The van der Waals surface area contributed by atoms with Gasteiger partial charge in [-0.25, -0.2) is 13.8 Å². The van der Waals surface area contributed by atoms with E-state index in [0.717, 1.165) is 21.0 Å². The molecule has 9 heteroatoms. The van der Waals surface area contributed by atoms with E-state index in [4.69, 9.17) is 9.47 Å². The fourth-order valence-electron chi connectivity index (χ4n) is 3.34. The highest BCUT2D eigenvalue weighted by Crippen LogP contribution is 2.30. The fraction of sp³-hybridized carbons (Fsp3) is 0.231. The SMILES string of the molecule is COc1ccc(S(=O)(=O)N(CCc2ccccc2)CC(=O)N/N=C/c2ccc(C)cc2)cc1OC. The summed E-state index contributed by atoms with van der Waals surface area (Å²) in [5.41, 5.74) is 5.30. The summed E-state index contributed by atoms with van der Waals surface area (Å²) in [4.78, 5) is 12.6. The van der Waals surface area contributed by atoms with Crippen LogP contribution in [0.5, 0.6) is 11.5 Å². The van der Waals surface area contributed by atoms with Gasteiger partial charge in [0, 0.05) is 12.6 Å². The molecule has 3 rings (SSSR count). The minimum absolute atomic E-state index is 0.000770. The Morgan fingerprint density at radius 2 is 1.66 bits per heavy atom. The van der Waals surface area contributed by atoms with E-state index in [1.54, 1.807) is 0 Å². The summed E-state index contributed by atoms with van der Waals surface area (Å²) in [6, 6.07) is 21.4. The van der Waals surface area contributed by atoms with E-state index in [1.807, 2.05) is 61.5 Å². The largest absolute Gasteiger partial charge is 0.493 e. The second kappa shape index (κ2) is 12.1. The number of aryl methyl sites for hydroxylation is 1. The van der Waals surface area contributed by atoms with Crippen LogP contribution in [0.1, 0.15) is 16.7 Å². The van der Waals surface area contributed by atoms with E-state index in [-0.39, 0.29) is 17.2 Å². The van der Waals surface area contributed by atoms with Crippen molar-refractivity contribution in [2.45, 2.75) is 18.2 Å². The molecule has 1 amide bonds. The number of hydrogen-bond acceptors (Lipinski definition) is 6. The highest BCUT2D eigenvalue weighted by atomic mass is 32.2. The number of rotatable bonds is 11. The minimum Gasteiger partial charge on any atom is -0.493 e. The lowest BCUT2D eigenvalue weighted by Crippen LogP contribution is -2.40. The van der Waals surface area contributed by atoms with Crippen LogP contribution in [0.2, 0.25) is 0 Å². The van der Waals surface area contributed by atoms with Crippen molar-refractivity contribution >= 4 is 22.1 Å². The average molecular weight is 496 g/mol. The van der Waals surface area contributed by atoms with Gasteiger partial charge in [-0.05, 0) is 36.6 Å². The molecule has 0 radical (unpaired) electrons. The van der Waals surface area contributed by atoms with Gasteiger partial charge in [0.2, 0.25) is 10.0 Å². The van der Waals surface area contributed by atoms with Crippen molar-refractivity contribution in [3.63, 3.8) is 0 Å². The van der Waals surface area contributed by atoms with Gasteiger partial charge in [-0.2, -0.15) is 9.41 Å². The lowest BCUT2D eigenvalue weighted by atomic mass is 10.1. The van der Waals surface area contributed by atoms with Crippen LogP contribution in [0, 0.1) is 6.92 Å². The van der Waals surface area contributed by atoms with Crippen LogP contribution in [-0.2, 0) is 21.2 Å². The Morgan fingerprint density at radius 1 is 0.971 bits per heavy atom. The molecule has 0 aromatic heterocycles. The quantitative estimate of drug-likeness (QED) is 0.325. The molecule has 35 heavy (non-hydrogen) atoms. The molecular weight excluding hydrogens is 466 g/mol. The Bertz CT molecular complexity index is 1260. The van der Waals surface area contributed by atoms with Crippen molar-refractivity contribution in [2.75, 3.05) is 27.3 Å². The molecule has 0 bridgehead atoms. The van der Waals surface area contributed by atoms with Crippen LogP contribution < -0.4 is 14.9 Å². The minimum atomic E-state index is -4.02. The lowest BCUT2D eigenvalue weighted by molar-refractivity contribution is -0.121. The molecule has 0 atom stereocenters. The van der Waals surface area contributed by atoms with Crippen LogP contribution in [0.25, 0.3) is 0 Å². The number of nitrogens with one attached hydrogen (secondary N) is 1. The predicted octanol–water partition coefficient (Wildman–Crippen LogP) is 3.40. The highest BCUT2D eigenvalue weighted by molar-refractivity contribution is 7.89. The number of hydrogen-bond donors (Lipinski definition) is 1. The van der Waals surface area contributed by atoms with E-state index in [2.05, 4.69) is 10.5 Å². The van der Waals surface area contributed by atoms with Crippen LogP contribution in [0.4, 0.5) is 0 Å². The van der Waals surface area contributed by atoms with Gasteiger partial charge in [0.1, 0.15) is 0 Å². The normalized spacial score (nSPS) is 11.5. The van der Waals surface area contributed by atoms with Crippen molar-refractivity contribution in [1.29, 1.82) is 0 Å². The Balaban J connectivity index is 1.79. The topological polar surface area (TPSA) is 97.3 Å². The van der Waals surface area contributed by atoms with Gasteiger partial charge in [-0.3, -0.25) is 4.79 Å². The molecule has 0 fully saturated rings. The summed E-state index contributed by atoms with van der Waals surface area (Å²) in [6.07, 6.45) is 1.95. The maximum absolute atomic E-state index is 13.5. The zero-order chi connectivity index (χ0) is 25.3. The number of hydrazone groups is 1. The van der Waals surface area contributed by atoms with Crippen LogP contribution in [0.15, 0.2) is 82.8 Å². The van der Waals surface area contributed by atoms with E-state index < -0.39 is 22.5 Å². The monoisotopic (exact) mass is 495 g/mol. The van der Waals surface area contributed by atoms with Crippen molar-refractivity contribution in [3.05, 3.63) is 89.5 Å². The van der Waals surface area contributed by atoms with Crippen LogP contribution >= 0.6 is 0 Å². The number of sulfonamides is 1. The van der Waals surface area contributed by atoms with Crippen molar-refractivity contribution in [3.8, 4) is 11.5 Å². The van der Waals surface area contributed by atoms with Crippen molar-refractivity contribution < 1.29 is 22.7 Å². The Kier molecular flexibility index (Phi) is 8.99. The van der Waals surface area contributed by atoms with E-state index >= 15 is 0 Å². The average Bonchev–Trinajstić information content (AvgIpc) is 2.87. The first-order chi connectivity index (χ1) is 16.8. The van der Waals surface area contributed by atoms with Gasteiger partial charge in [-0.15, -0.1) is 0 Å². The third-order valence-electron chi connectivity index (χ3n) is 5.29. The summed E-state index contributed by atoms with van der Waals surface area (Å²) < 4.78 is 38.6. The third kappa shape index (κ3) is 7.14. The highest BCUT2D eigenvalue weighted by Gasteiger charge is 2.27. The molecule has 0 aliphatic carbocycles. The van der Waals surface area contributed by atoms with E-state index in [0.29, 0.717) is 12.2 Å². The smallest absolute Gasteiger partial charge is 0.255 e. The van der Waals surface area contributed by atoms with E-state index in [1.165, 1.54) is 38.6 Å². The zero-order valence-corrected chi connectivity index (χ0v) is 20.8. The van der Waals surface area contributed by atoms with Gasteiger partial charge in [0.05, 0.1) is 31.9 Å². The summed E-state index contributed by atoms with van der Waals surface area (Å²) >= 11 is 0. The molecule has 0 unspecified atom stereocenters. The first-order valence-corrected chi connectivity index (χ1v) is 12.4. The van der Waals surface area contributed by atoms with Crippen LogP contribution in [0.3, 0.4) is 0 Å². The summed E-state index contributed by atoms with van der Waals surface area (Å²) in [6.45, 7) is 1.69. The second-order valence-corrected chi connectivity index (χ2v) is 9.73. The number of carbonyl (C=O) groups excluding carboxylic acids is 1.